The minimum Gasteiger partial charge on any atom is -0.285 e. The first-order valence-corrected chi connectivity index (χ1v) is 8.60. The highest BCUT2D eigenvalue weighted by Crippen LogP contribution is 2.38. The molecule has 0 aromatic heterocycles. The van der Waals surface area contributed by atoms with Crippen molar-refractivity contribution < 1.29 is 13.0 Å². The zero-order valence-electron chi connectivity index (χ0n) is 12.2. The molecule has 0 aliphatic heterocycles. The molecule has 0 unspecified atom stereocenters. The normalized spacial score (nSPS) is 30.7. The predicted octanol–water partition coefficient (Wildman–Crippen LogP) is 4.13. The van der Waals surface area contributed by atoms with Crippen LogP contribution in [0.25, 0.3) is 0 Å². The van der Waals surface area contributed by atoms with E-state index in [9.17, 15) is 13.0 Å². The van der Waals surface area contributed by atoms with Crippen LogP contribution >= 0.6 is 0 Å². The summed E-state index contributed by atoms with van der Waals surface area (Å²) in [4.78, 5) is 0. The van der Waals surface area contributed by atoms with E-state index < -0.39 is 14.9 Å². The fourth-order valence-corrected chi connectivity index (χ4v) is 3.30. The fraction of sp³-hybridized carbons (Fsp3) is 0.733. The Morgan fingerprint density at radius 1 is 0.947 bits per heavy atom. The van der Waals surface area contributed by atoms with Crippen molar-refractivity contribution in [3.63, 3.8) is 0 Å². The molecule has 4 heteroatoms. The zero-order chi connectivity index (χ0) is 14.6. The lowest BCUT2D eigenvalue weighted by atomic mass is 9.78. The summed E-state index contributed by atoms with van der Waals surface area (Å²) in [5, 5.41) is 0. The highest BCUT2D eigenvalue weighted by molar-refractivity contribution is 7.87. The molecule has 0 aromatic carbocycles. The molecule has 0 saturated carbocycles. The molecular weight excluding hydrogens is 260 g/mol. The lowest BCUT2D eigenvalue weighted by Gasteiger charge is -2.33. The third-order valence-corrected chi connectivity index (χ3v) is 5.40. The summed E-state index contributed by atoms with van der Waals surface area (Å²) in [6.45, 7) is 6.26. The second kappa shape index (κ2) is 6.23. The van der Waals surface area contributed by atoms with Gasteiger partial charge in [-0.2, -0.15) is 8.42 Å². The molecule has 1 N–H and O–H groups in total. The average Bonchev–Trinajstić information content (AvgIpc) is 2.35. The van der Waals surface area contributed by atoms with Gasteiger partial charge in [0.25, 0.3) is 10.1 Å². The van der Waals surface area contributed by atoms with E-state index in [0.717, 1.165) is 32.1 Å². The smallest absolute Gasteiger partial charge is 0.277 e. The third kappa shape index (κ3) is 3.93. The van der Waals surface area contributed by atoms with E-state index in [1.165, 1.54) is 0 Å². The van der Waals surface area contributed by atoms with E-state index in [1.807, 2.05) is 19.1 Å². The van der Waals surface area contributed by atoms with Gasteiger partial charge in [0.05, 0.1) is 0 Å². The van der Waals surface area contributed by atoms with Gasteiger partial charge in [-0.05, 0) is 12.8 Å². The molecular formula is C15H26O3S. The maximum Gasteiger partial charge on any atom is 0.277 e. The standard InChI is InChI=1S/C15H26O3S/c1-4-6-8-14(3)10-12-15(13-11-14,9-7-5-2)19(16,17)18/h10-13H,4-9H2,1-3H3,(H,16,17,18). The largest absolute Gasteiger partial charge is 0.285 e. The van der Waals surface area contributed by atoms with Crippen molar-refractivity contribution in [1.29, 1.82) is 0 Å². The maximum atomic E-state index is 11.7. The molecule has 0 fully saturated rings. The Morgan fingerprint density at radius 2 is 1.42 bits per heavy atom. The number of unbranched alkanes of at least 4 members (excludes halogenated alkanes) is 2. The van der Waals surface area contributed by atoms with Crippen molar-refractivity contribution >= 4 is 10.1 Å². The lowest BCUT2D eigenvalue weighted by molar-refractivity contribution is 0.433. The van der Waals surface area contributed by atoms with Crippen molar-refractivity contribution in [1.82, 2.24) is 0 Å². The van der Waals surface area contributed by atoms with E-state index in [0.29, 0.717) is 6.42 Å². The molecule has 1 aliphatic carbocycles. The summed E-state index contributed by atoms with van der Waals surface area (Å²) in [5.41, 5.74) is -0.0869. The first-order chi connectivity index (χ1) is 8.79. The Kier molecular flexibility index (Phi) is 5.39. The molecule has 0 bridgehead atoms. The van der Waals surface area contributed by atoms with Crippen LogP contribution in [0.4, 0.5) is 0 Å². The Hall–Kier alpha value is -0.610. The molecule has 0 atom stereocenters. The summed E-state index contributed by atoms with van der Waals surface area (Å²) >= 11 is 0. The quantitative estimate of drug-likeness (QED) is 0.565. The van der Waals surface area contributed by atoms with Crippen molar-refractivity contribution in [3.05, 3.63) is 24.3 Å². The summed E-state index contributed by atoms with van der Waals surface area (Å²) < 4.78 is 31.7. The molecule has 0 amide bonds. The van der Waals surface area contributed by atoms with Gasteiger partial charge in [-0.3, -0.25) is 4.55 Å². The molecule has 1 rings (SSSR count). The van der Waals surface area contributed by atoms with Crippen molar-refractivity contribution in [2.75, 3.05) is 0 Å². The number of hydrogen-bond acceptors (Lipinski definition) is 2. The van der Waals surface area contributed by atoms with E-state index in [2.05, 4.69) is 13.8 Å². The molecule has 19 heavy (non-hydrogen) atoms. The Labute approximate surface area is 117 Å². The minimum absolute atomic E-state index is 0.0869. The molecule has 0 radical (unpaired) electrons. The number of allylic oxidation sites excluding steroid dienone is 2. The molecule has 0 heterocycles. The van der Waals surface area contributed by atoms with E-state index in [4.69, 9.17) is 0 Å². The topological polar surface area (TPSA) is 54.4 Å². The fourth-order valence-electron chi connectivity index (χ4n) is 2.42. The van der Waals surface area contributed by atoms with Crippen LogP contribution in [0.1, 0.15) is 59.3 Å². The number of rotatable bonds is 7. The SMILES string of the molecule is CCCCC1(C)C=CC(CCCC)(S(=O)(=O)O)C=C1. The van der Waals surface area contributed by atoms with Crippen molar-refractivity contribution in [2.24, 2.45) is 5.41 Å². The van der Waals surface area contributed by atoms with Crippen LogP contribution in [-0.2, 0) is 10.1 Å². The Bertz CT molecular complexity index is 432. The summed E-state index contributed by atoms with van der Waals surface area (Å²) in [6.07, 6.45) is 12.6. The van der Waals surface area contributed by atoms with Gasteiger partial charge in [0.2, 0.25) is 0 Å². The molecule has 0 aromatic rings. The first kappa shape index (κ1) is 16.4. The number of hydrogen-bond donors (Lipinski definition) is 1. The highest BCUT2D eigenvalue weighted by atomic mass is 32.2. The Morgan fingerprint density at radius 3 is 1.84 bits per heavy atom. The molecule has 1 aliphatic rings. The van der Waals surface area contributed by atoms with Gasteiger partial charge in [-0.25, -0.2) is 0 Å². The third-order valence-electron chi connectivity index (χ3n) is 3.96. The van der Waals surface area contributed by atoms with Crippen LogP contribution in [0.2, 0.25) is 0 Å². The van der Waals surface area contributed by atoms with Crippen LogP contribution in [0, 0.1) is 5.41 Å². The maximum absolute atomic E-state index is 11.7. The average molecular weight is 286 g/mol. The van der Waals surface area contributed by atoms with Crippen LogP contribution < -0.4 is 0 Å². The van der Waals surface area contributed by atoms with Crippen LogP contribution in [0.3, 0.4) is 0 Å². The van der Waals surface area contributed by atoms with Gasteiger partial charge in [0, 0.05) is 5.41 Å². The van der Waals surface area contributed by atoms with E-state index in [-0.39, 0.29) is 5.41 Å². The van der Waals surface area contributed by atoms with Gasteiger partial charge in [0.15, 0.2) is 0 Å². The Balaban J connectivity index is 2.96. The lowest BCUT2D eigenvalue weighted by Crippen LogP contribution is -2.37. The van der Waals surface area contributed by atoms with Gasteiger partial charge < -0.3 is 0 Å². The van der Waals surface area contributed by atoms with Crippen molar-refractivity contribution in [2.45, 2.75) is 64.0 Å². The van der Waals surface area contributed by atoms with E-state index in [1.54, 1.807) is 12.2 Å². The monoisotopic (exact) mass is 286 g/mol. The highest BCUT2D eigenvalue weighted by Gasteiger charge is 2.40. The molecule has 3 nitrogen and oxygen atoms in total. The van der Waals surface area contributed by atoms with Gasteiger partial charge in [0.1, 0.15) is 4.75 Å². The van der Waals surface area contributed by atoms with E-state index >= 15 is 0 Å². The van der Waals surface area contributed by atoms with Crippen LogP contribution in [0.5, 0.6) is 0 Å². The molecule has 110 valence electrons. The second-order valence-corrected chi connectivity index (χ2v) is 7.52. The van der Waals surface area contributed by atoms with Gasteiger partial charge in [-0.1, -0.05) is 70.8 Å². The first-order valence-electron chi connectivity index (χ1n) is 7.16. The van der Waals surface area contributed by atoms with Crippen LogP contribution in [-0.4, -0.2) is 17.7 Å². The minimum atomic E-state index is -4.10. The van der Waals surface area contributed by atoms with Crippen molar-refractivity contribution in [3.8, 4) is 0 Å². The second-order valence-electron chi connectivity index (χ2n) is 5.81. The van der Waals surface area contributed by atoms with Gasteiger partial charge in [-0.15, -0.1) is 0 Å². The summed E-state index contributed by atoms with van der Waals surface area (Å²) in [7, 11) is -4.10. The summed E-state index contributed by atoms with van der Waals surface area (Å²) in [6, 6.07) is 0. The summed E-state index contributed by atoms with van der Waals surface area (Å²) in [5.74, 6) is 0. The van der Waals surface area contributed by atoms with Crippen LogP contribution in [0.15, 0.2) is 24.3 Å². The predicted molar refractivity (Wildman–Crippen MR) is 79.7 cm³/mol. The van der Waals surface area contributed by atoms with Gasteiger partial charge >= 0.3 is 0 Å². The molecule has 0 saturated heterocycles. The zero-order valence-corrected chi connectivity index (χ0v) is 13.0. The molecule has 0 spiro atoms.